The number of carbonyl (C=O) groups excluding carboxylic acids is 3. The predicted molar refractivity (Wildman–Crippen MR) is 78.8 cm³/mol. The molecule has 1 heterocycles. The van der Waals surface area contributed by atoms with Crippen LogP contribution in [0.5, 0.6) is 0 Å². The normalized spacial score (nSPS) is 20.7. The van der Waals surface area contributed by atoms with Gasteiger partial charge in [0, 0.05) is 18.9 Å². The molecule has 1 aliphatic heterocycles. The molecule has 0 aromatic rings. The van der Waals surface area contributed by atoms with E-state index in [-0.39, 0.29) is 13.0 Å². The number of hydrogen-bond donors (Lipinski definition) is 0. The molecular weight excluding hydrogens is 288 g/mol. The zero-order chi connectivity index (χ0) is 17.0. The third kappa shape index (κ3) is 4.58. The van der Waals surface area contributed by atoms with Crippen LogP contribution in [0.1, 0.15) is 47.0 Å². The van der Waals surface area contributed by atoms with Crippen molar-refractivity contribution >= 4 is 17.9 Å². The maximum atomic E-state index is 12.4. The van der Waals surface area contributed by atoms with Gasteiger partial charge in [-0.15, -0.1) is 0 Å². The summed E-state index contributed by atoms with van der Waals surface area (Å²) >= 11 is 0. The van der Waals surface area contributed by atoms with E-state index in [1.807, 2.05) is 6.92 Å². The van der Waals surface area contributed by atoms with Crippen LogP contribution in [0.15, 0.2) is 12.7 Å². The van der Waals surface area contributed by atoms with Gasteiger partial charge >= 0.3 is 17.9 Å². The largest absolute Gasteiger partial charge is 0.463 e. The summed E-state index contributed by atoms with van der Waals surface area (Å²) in [5.74, 6) is -1.54. The lowest BCUT2D eigenvalue weighted by Crippen LogP contribution is -2.41. The van der Waals surface area contributed by atoms with E-state index in [0.29, 0.717) is 12.8 Å². The maximum Gasteiger partial charge on any atom is 0.347 e. The fourth-order valence-corrected chi connectivity index (χ4v) is 2.49. The first-order valence-electron chi connectivity index (χ1n) is 7.36. The van der Waals surface area contributed by atoms with E-state index in [0.717, 1.165) is 6.08 Å². The number of rotatable bonds is 7. The van der Waals surface area contributed by atoms with Crippen molar-refractivity contribution in [1.82, 2.24) is 0 Å². The first-order valence-corrected chi connectivity index (χ1v) is 7.36. The zero-order valence-corrected chi connectivity index (χ0v) is 13.6. The number of ether oxygens (including phenoxy) is 3. The smallest absolute Gasteiger partial charge is 0.347 e. The van der Waals surface area contributed by atoms with Crippen molar-refractivity contribution in [3.05, 3.63) is 12.7 Å². The second-order valence-electron chi connectivity index (χ2n) is 6.33. The first kappa shape index (κ1) is 18.2. The average molecular weight is 312 g/mol. The average Bonchev–Trinajstić information content (AvgIpc) is 2.82. The Morgan fingerprint density at radius 2 is 2.05 bits per heavy atom. The number of cyclic esters (lactones) is 1. The van der Waals surface area contributed by atoms with Crippen LogP contribution in [-0.2, 0) is 28.6 Å². The fraction of sp³-hybridized carbons (Fsp3) is 0.688. The molecule has 0 bridgehead atoms. The summed E-state index contributed by atoms with van der Waals surface area (Å²) in [4.78, 5) is 35.2. The van der Waals surface area contributed by atoms with Crippen molar-refractivity contribution < 1.29 is 28.6 Å². The molecule has 6 heteroatoms. The Labute approximate surface area is 130 Å². The minimum absolute atomic E-state index is 0.266. The third-order valence-electron chi connectivity index (χ3n) is 3.77. The van der Waals surface area contributed by atoms with E-state index in [9.17, 15) is 14.4 Å². The molecule has 0 aliphatic carbocycles. The Morgan fingerprint density at radius 3 is 2.50 bits per heavy atom. The molecule has 1 rings (SSSR count). The first-order chi connectivity index (χ1) is 10.1. The number of carbonyl (C=O) groups is 3. The van der Waals surface area contributed by atoms with Crippen molar-refractivity contribution in [2.75, 3.05) is 6.61 Å². The topological polar surface area (TPSA) is 78.9 Å². The fourth-order valence-electron chi connectivity index (χ4n) is 2.49. The lowest BCUT2D eigenvalue weighted by Gasteiger charge is -2.35. The summed E-state index contributed by atoms with van der Waals surface area (Å²) in [6.07, 6.45) is 1.38. The number of esters is 3. The van der Waals surface area contributed by atoms with Crippen molar-refractivity contribution in [2.45, 2.75) is 58.7 Å². The highest BCUT2D eigenvalue weighted by atomic mass is 16.6. The van der Waals surface area contributed by atoms with Crippen LogP contribution < -0.4 is 0 Å². The van der Waals surface area contributed by atoms with E-state index >= 15 is 0 Å². The minimum atomic E-state index is -0.867. The van der Waals surface area contributed by atoms with Crippen LogP contribution in [0.25, 0.3) is 0 Å². The highest BCUT2D eigenvalue weighted by Gasteiger charge is 2.43. The zero-order valence-electron chi connectivity index (χ0n) is 13.6. The van der Waals surface area contributed by atoms with Crippen molar-refractivity contribution in [3.8, 4) is 0 Å². The van der Waals surface area contributed by atoms with Crippen LogP contribution in [0.3, 0.4) is 0 Å². The Bertz CT molecular complexity index is 467. The molecule has 2 atom stereocenters. The highest BCUT2D eigenvalue weighted by molar-refractivity contribution is 5.83. The lowest BCUT2D eigenvalue weighted by molar-refractivity contribution is -0.173. The SMILES string of the molecule is C=CC(=O)OC(C)(C)CC(C)(CC)C(=O)OC1CCOC1=O. The predicted octanol–water partition coefficient (Wildman–Crippen LogP) is 2.16. The van der Waals surface area contributed by atoms with E-state index < -0.39 is 35.0 Å². The molecule has 0 aromatic carbocycles. The van der Waals surface area contributed by atoms with Crippen molar-refractivity contribution in [2.24, 2.45) is 5.41 Å². The van der Waals surface area contributed by atoms with E-state index in [1.165, 1.54) is 0 Å². The quantitative estimate of drug-likeness (QED) is 0.407. The highest BCUT2D eigenvalue weighted by Crippen LogP contribution is 2.36. The maximum absolute atomic E-state index is 12.4. The third-order valence-corrected chi connectivity index (χ3v) is 3.77. The van der Waals surface area contributed by atoms with Crippen LogP contribution >= 0.6 is 0 Å². The Kier molecular flexibility index (Phi) is 5.74. The molecule has 0 spiro atoms. The van der Waals surface area contributed by atoms with Crippen LogP contribution in [0.4, 0.5) is 0 Å². The molecule has 22 heavy (non-hydrogen) atoms. The second-order valence-corrected chi connectivity index (χ2v) is 6.33. The lowest BCUT2D eigenvalue weighted by atomic mass is 9.78. The Balaban J connectivity index is 2.77. The van der Waals surface area contributed by atoms with E-state index in [4.69, 9.17) is 14.2 Å². The molecule has 1 fully saturated rings. The van der Waals surface area contributed by atoms with Gasteiger partial charge in [-0.3, -0.25) is 4.79 Å². The van der Waals surface area contributed by atoms with Crippen LogP contribution in [-0.4, -0.2) is 36.2 Å². The van der Waals surface area contributed by atoms with Gasteiger partial charge in [-0.2, -0.15) is 0 Å². The van der Waals surface area contributed by atoms with Gasteiger partial charge in [-0.1, -0.05) is 13.5 Å². The van der Waals surface area contributed by atoms with Gasteiger partial charge in [0.25, 0.3) is 0 Å². The summed E-state index contributed by atoms with van der Waals surface area (Å²) in [6.45, 7) is 10.6. The molecule has 0 aromatic heterocycles. The van der Waals surface area contributed by atoms with Gasteiger partial charge in [0.1, 0.15) is 5.60 Å². The Morgan fingerprint density at radius 1 is 1.41 bits per heavy atom. The minimum Gasteiger partial charge on any atom is -0.463 e. The van der Waals surface area contributed by atoms with Crippen LogP contribution in [0.2, 0.25) is 0 Å². The summed E-state index contributed by atoms with van der Waals surface area (Å²) in [5, 5.41) is 0. The molecule has 2 unspecified atom stereocenters. The molecule has 0 radical (unpaired) electrons. The second kappa shape index (κ2) is 6.94. The van der Waals surface area contributed by atoms with Gasteiger partial charge in [0.2, 0.25) is 6.10 Å². The molecule has 0 N–H and O–H groups in total. The van der Waals surface area contributed by atoms with E-state index in [2.05, 4.69) is 6.58 Å². The van der Waals surface area contributed by atoms with Gasteiger partial charge in [-0.05, 0) is 27.2 Å². The summed E-state index contributed by atoms with van der Waals surface area (Å²) in [7, 11) is 0. The molecule has 6 nitrogen and oxygen atoms in total. The van der Waals surface area contributed by atoms with Gasteiger partial charge in [-0.25, -0.2) is 9.59 Å². The van der Waals surface area contributed by atoms with Crippen LogP contribution in [0, 0.1) is 5.41 Å². The standard InChI is InChI=1S/C16H24O6/c1-6-12(17)22-15(3,4)10-16(5,7-2)14(19)21-11-8-9-20-13(11)18/h6,11H,1,7-10H2,2-5H3. The Hall–Kier alpha value is -1.85. The molecule has 0 amide bonds. The van der Waals surface area contributed by atoms with Gasteiger partial charge < -0.3 is 14.2 Å². The summed E-state index contributed by atoms with van der Waals surface area (Å²) < 4.78 is 15.3. The molecule has 124 valence electrons. The molecular formula is C16H24O6. The summed E-state index contributed by atoms with van der Waals surface area (Å²) in [6, 6.07) is 0. The molecule has 0 saturated carbocycles. The van der Waals surface area contributed by atoms with Crippen molar-refractivity contribution in [3.63, 3.8) is 0 Å². The van der Waals surface area contributed by atoms with E-state index in [1.54, 1.807) is 20.8 Å². The number of hydrogen-bond acceptors (Lipinski definition) is 6. The molecule has 1 saturated heterocycles. The van der Waals surface area contributed by atoms with Gasteiger partial charge in [0.05, 0.1) is 12.0 Å². The van der Waals surface area contributed by atoms with Crippen molar-refractivity contribution in [1.29, 1.82) is 0 Å². The monoisotopic (exact) mass is 312 g/mol. The summed E-state index contributed by atoms with van der Waals surface area (Å²) in [5.41, 5.74) is -1.72. The van der Waals surface area contributed by atoms with Gasteiger partial charge in [0.15, 0.2) is 0 Å². The molecule has 1 aliphatic rings.